The van der Waals surface area contributed by atoms with E-state index in [0.717, 1.165) is 43.4 Å². The summed E-state index contributed by atoms with van der Waals surface area (Å²) in [6, 6.07) is 6.07. The number of carbonyl (C=O) groups is 1. The second-order valence-corrected chi connectivity index (χ2v) is 6.39. The Balaban J connectivity index is 1.50. The number of carbonyl (C=O) groups excluding carboxylic acids is 1. The third-order valence-corrected chi connectivity index (χ3v) is 4.70. The summed E-state index contributed by atoms with van der Waals surface area (Å²) in [6.45, 7) is 9.59. The molecule has 0 bridgehead atoms. The van der Waals surface area contributed by atoms with Crippen molar-refractivity contribution in [1.29, 1.82) is 0 Å². The summed E-state index contributed by atoms with van der Waals surface area (Å²) < 4.78 is 16.1. The smallest absolute Gasteiger partial charge is 0.317 e. The molecule has 1 aromatic rings. The Hall–Kier alpha value is -1.99. The van der Waals surface area contributed by atoms with Gasteiger partial charge in [0, 0.05) is 38.8 Å². The number of nitrogens with zero attached hydrogens (tertiary/aromatic N) is 2. The van der Waals surface area contributed by atoms with Gasteiger partial charge in [0.15, 0.2) is 11.5 Å². The van der Waals surface area contributed by atoms with Crippen molar-refractivity contribution in [1.82, 2.24) is 15.1 Å². The number of benzene rings is 1. The van der Waals surface area contributed by atoms with Crippen molar-refractivity contribution in [2.45, 2.75) is 26.4 Å². The van der Waals surface area contributed by atoms with E-state index in [1.807, 2.05) is 25.1 Å². The Labute approximate surface area is 148 Å². The maximum absolute atomic E-state index is 12.5. The molecule has 1 fully saturated rings. The van der Waals surface area contributed by atoms with Crippen LogP contribution >= 0.6 is 0 Å². The first-order chi connectivity index (χ1) is 12.2. The summed E-state index contributed by atoms with van der Waals surface area (Å²) in [5.41, 5.74) is 1.03. The lowest BCUT2D eigenvalue weighted by Gasteiger charge is -2.33. The molecule has 2 heterocycles. The number of fused-ring (bicyclic) bond motifs is 1. The van der Waals surface area contributed by atoms with Crippen molar-refractivity contribution in [3.63, 3.8) is 0 Å². The van der Waals surface area contributed by atoms with Crippen LogP contribution in [0.15, 0.2) is 18.2 Å². The molecule has 2 aliphatic heterocycles. The van der Waals surface area contributed by atoms with Crippen molar-refractivity contribution in [2.24, 2.45) is 0 Å². The lowest BCUT2D eigenvalue weighted by atomic mass is 10.2. The fraction of sp³-hybridized carbons (Fsp3) is 0.611. The highest BCUT2D eigenvalue weighted by molar-refractivity contribution is 5.74. The first-order valence-corrected chi connectivity index (χ1v) is 8.90. The van der Waals surface area contributed by atoms with Gasteiger partial charge < -0.3 is 24.4 Å². The molecule has 25 heavy (non-hydrogen) atoms. The fourth-order valence-electron chi connectivity index (χ4n) is 3.08. The number of hydrogen-bond donors (Lipinski definition) is 1. The highest BCUT2D eigenvalue weighted by Crippen LogP contribution is 2.32. The molecule has 0 aliphatic carbocycles. The van der Waals surface area contributed by atoms with Gasteiger partial charge >= 0.3 is 6.03 Å². The average molecular weight is 349 g/mol. The zero-order chi connectivity index (χ0) is 17.6. The topological polar surface area (TPSA) is 63.3 Å². The Kier molecular flexibility index (Phi) is 5.99. The van der Waals surface area contributed by atoms with Crippen LogP contribution in [0.3, 0.4) is 0 Å². The predicted octanol–water partition coefficient (Wildman–Crippen LogP) is 1.67. The monoisotopic (exact) mass is 349 g/mol. The standard InChI is InChI=1S/C18H27N3O4/c1-3-20(12-15-4-5-16-17(10-15)25-13-24-16)18(22)19-11-14(2)21-6-8-23-9-7-21/h4-5,10,14H,3,6-9,11-13H2,1-2H3,(H,19,22). The molecule has 1 N–H and O–H groups in total. The van der Waals surface area contributed by atoms with Crippen LogP contribution in [-0.2, 0) is 11.3 Å². The van der Waals surface area contributed by atoms with E-state index in [0.29, 0.717) is 25.7 Å². The number of urea groups is 1. The van der Waals surface area contributed by atoms with Crippen LogP contribution in [0.1, 0.15) is 19.4 Å². The van der Waals surface area contributed by atoms with Crippen LogP contribution < -0.4 is 14.8 Å². The van der Waals surface area contributed by atoms with Crippen LogP contribution in [0, 0.1) is 0 Å². The highest BCUT2D eigenvalue weighted by atomic mass is 16.7. The Morgan fingerprint density at radius 1 is 1.28 bits per heavy atom. The summed E-state index contributed by atoms with van der Waals surface area (Å²) >= 11 is 0. The number of morpholine rings is 1. The number of amides is 2. The normalized spacial score (nSPS) is 18.0. The number of hydrogen-bond acceptors (Lipinski definition) is 5. The Morgan fingerprint density at radius 3 is 2.80 bits per heavy atom. The molecule has 0 saturated carbocycles. The average Bonchev–Trinajstić information content (AvgIpc) is 3.12. The molecule has 2 amide bonds. The van der Waals surface area contributed by atoms with E-state index in [1.54, 1.807) is 4.90 Å². The van der Waals surface area contributed by atoms with Crippen LogP contribution in [0.5, 0.6) is 11.5 Å². The maximum atomic E-state index is 12.5. The van der Waals surface area contributed by atoms with E-state index in [1.165, 1.54) is 0 Å². The van der Waals surface area contributed by atoms with E-state index in [4.69, 9.17) is 14.2 Å². The predicted molar refractivity (Wildman–Crippen MR) is 93.9 cm³/mol. The van der Waals surface area contributed by atoms with Gasteiger partial charge in [-0.25, -0.2) is 4.79 Å². The molecule has 0 aromatic heterocycles. The molecule has 1 aromatic carbocycles. The van der Waals surface area contributed by atoms with Crippen LogP contribution in [0.4, 0.5) is 4.79 Å². The summed E-state index contributed by atoms with van der Waals surface area (Å²) in [5, 5.41) is 3.05. The number of nitrogens with one attached hydrogen (secondary N) is 1. The third kappa shape index (κ3) is 4.55. The van der Waals surface area contributed by atoms with Gasteiger partial charge in [0.1, 0.15) is 0 Å². The fourth-order valence-corrected chi connectivity index (χ4v) is 3.08. The van der Waals surface area contributed by atoms with Gasteiger partial charge in [-0.15, -0.1) is 0 Å². The molecule has 1 unspecified atom stereocenters. The zero-order valence-corrected chi connectivity index (χ0v) is 15.0. The molecule has 7 heteroatoms. The van der Waals surface area contributed by atoms with Crippen molar-refractivity contribution >= 4 is 6.03 Å². The van der Waals surface area contributed by atoms with Crippen molar-refractivity contribution in [2.75, 3.05) is 46.2 Å². The minimum absolute atomic E-state index is 0.0414. The molecule has 0 radical (unpaired) electrons. The highest BCUT2D eigenvalue weighted by Gasteiger charge is 2.20. The second-order valence-electron chi connectivity index (χ2n) is 6.39. The largest absolute Gasteiger partial charge is 0.454 e. The minimum atomic E-state index is -0.0414. The van der Waals surface area contributed by atoms with E-state index >= 15 is 0 Å². The van der Waals surface area contributed by atoms with Crippen molar-refractivity contribution in [3.8, 4) is 11.5 Å². The van der Waals surface area contributed by atoms with Crippen LogP contribution in [0.25, 0.3) is 0 Å². The van der Waals surface area contributed by atoms with Gasteiger partial charge in [0.2, 0.25) is 6.79 Å². The number of rotatable bonds is 6. The van der Waals surface area contributed by atoms with Gasteiger partial charge in [0.05, 0.1) is 13.2 Å². The maximum Gasteiger partial charge on any atom is 0.317 e. The number of ether oxygens (including phenoxy) is 3. The van der Waals surface area contributed by atoms with Gasteiger partial charge in [-0.05, 0) is 31.5 Å². The molecule has 138 valence electrons. The van der Waals surface area contributed by atoms with Gasteiger partial charge in [-0.1, -0.05) is 6.07 Å². The molecule has 1 atom stereocenters. The van der Waals surface area contributed by atoms with E-state index in [9.17, 15) is 4.79 Å². The first kappa shape index (κ1) is 17.8. The lowest BCUT2D eigenvalue weighted by Crippen LogP contribution is -2.49. The summed E-state index contributed by atoms with van der Waals surface area (Å²) in [6.07, 6.45) is 0. The van der Waals surface area contributed by atoms with Crippen LogP contribution in [-0.4, -0.2) is 68.1 Å². The van der Waals surface area contributed by atoms with Gasteiger partial charge in [0.25, 0.3) is 0 Å². The van der Waals surface area contributed by atoms with Crippen molar-refractivity contribution in [3.05, 3.63) is 23.8 Å². The molecule has 0 spiro atoms. The molecule has 7 nitrogen and oxygen atoms in total. The second kappa shape index (κ2) is 8.40. The first-order valence-electron chi connectivity index (χ1n) is 8.90. The minimum Gasteiger partial charge on any atom is -0.454 e. The van der Waals surface area contributed by atoms with Gasteiger partial charge in [-0.3, -0.25) is 4.90 Å². The van der Waals surface area contributed by atoms with Crippen LogP contribution in [0.2, 0.25) is 0 Å². The summed E-state index contributed by atoms with van der Waals surface area (Å²) in [5.74, 6) is 1.51. The quantitative estimate of drug-likeness (QED) is 0.846. The van der Waals surface area contributed by atoms with Crippen molar-refractivity contribution < 1.29 is 19.0 Å². The Bertz CT molecular complexity index is 590. The molecular formula is C18H27N3O4. The molecule has 1 saturated heterocycles. The molecule has 3 rings (SSSR count). The van der Waals surface area contributed by atoms with E-state index in [2.05, 4.69) is 17.1 Å². The molecular weight excluding hydrogens is 322 g/mol. The zero-order valence-electron chi connectivity index (χ0n) is 15.0. The molecule has 2 aliphatic rings. The SMILES string of the molecule is CCN(Cc1ccc2c(c1)OCO2)C(=O)NCC(C)N1CCOCC1. The third-order valence-electron chi connectivity index (χ3n) is 4.70. The van der Waals surface area contributed by atoms with Gasteiger partial charge in [-0.2, -0.15) is 0 Å². The van der Waals surface area contributed by atoms with E-state index in [-0.39, 0.29) is 12.8 Å². The Morgan fingerprint density at radius 2 is 2.04 bits per heavy atom. The summed E-state index contributed by atoms with van der Waals surface area (Å²) in [4.78, 5) is 16.7. The van der Waals surface area contributed by atoms with E-state index < -0.39 is 0 Å². The summed E-state index contributed by atoms with van der Waals surface area (Å²) in [7, 11) is 0. The lowest BCUT2D eigenvalue weighted by molar-refractivity contribution is 0.0206.